The average Bonchev–Trinajstić information content (AvgIpc) is 2.33. The number of ether oxygens (including phenoxy) is 1. The SMILES string of the molecule is CNCC(C)C(=O)N(CCOC)CC(=O)N(C)C. The van der Waals surface area contributed by atoms with Gasteiger partial charge in [0.05, 0.1) is 13.2 Å². The van der Waals surface area contributed by atoms with Crippen LogP contribution < -0.4 is 5.32 Å². The first-order chi connectivity index (χ1) is 8.43. The number of rotatable bonds is 8. The van der Waals surface area contributed by atoms with Gasteiger partial charge in [0.1, 0.15) is 0 Å². The van der Waals surface area contributed by atoms with Crippen LogP contribution in [0.4, 0.5) is 0 Å². The molecule has 0 rings (SSSR count). The van der Waals surface area contributed by atoms with Crippen molar-refractivity contribution in [3.8, 4) is 0 Å². The van der Waals surface area contributed by atoms with E-state index < -0.39 is 0 Å². The predicted molar refractivity (Wildman–Crippen MR) is 70.2 cm³/mol. The molecule has 0 saturated carbocycles. The molecular weight excluding hydrogens is 234 g/mol. The molecule has 1 unspecified atom stereocenters. The first-order valence-corrected chi connectivity index (χ1v) is 6.06. The minimum absolute atomic E-state index is 0.0309. The van der Waals surface area contributed by atoms with Crippen LogP contribution >= 0.6 is 0 Å². The summed E-state index contributed by atoms with van der Waals surface area (Å²) in [6, 6.07) is 0. The molecule has 0 aliphatic rings. The lowest BCUT2D eigenvalue weighted by molar-refractivity contribution is -0.142. The van der Waals surface area contributed by atoms with Crippen molar-refractivity contribution in [3.63, 3.8) is 0 Å². The predicted octanol–water partition coefficient (Wildman–Crippen LogP) is -0.595. The lowest BCUT2D eigenvalue weighted by Gasteiger charge is -2.26. The minimum atomic E-state index is -0.151. The van der Waals surface area contributed by atoms with Crippen molar-refractivity contribution in [1.29, 1.82) is 0 Å². The van der Waals surface area contributed by atoms with Crippen molar-refractivity contribution < 1.29 is 14.3 Å². The second-order valence-electron chi connectivity index (χ2n) is 4.50. The highest BCUT2D eigenvalue weighted by molar-refractivity contribution is 5.85. The van der Waals surface area contributed by atoms with Gasteiger partial charge in [0.15, 0.2) is 0 Å². The van der Waals surface area contributed by atoms with Crippen molar-refractivity contribution in [2.75, 3.05) is 54.5 Å². The molecule has 106 valence electrons. The fraction of sp³-hybridized carbons (Fsp3) is 0.833. The second-order valence-corrected chi connectivity index (χ2v) is 4.50. The maximum atomic E-state index is 12.2. The quantitative estimate of drug-likeness (QED) is 0.632. The molecule has 1 atom stereocenters. The smallest absolute Gasteiger partial charge is 0.241 e. The van der Waals surface area contributed by atoms with Crippen LogP contribution in [0.25, 0.3) is 0 Å². The zero-order valence-corrected chi connectivity index (χ0v) is 12.0. The molecule has 0 heterocycles. The molecule has 0 aliphatic heterocycles. The molecule has 0 spiro atoms. The molecule has 0 aromatic heterocycles. The number of nitrogens with one attached hydrogen (secondary N) is 1. The summed E-state index contributed by atoms with van der Waals surface area (Å²) in [6.45, 7) is 3.40. The number of hydrogen-bond donors (Lipinski definition) is 1. The second kappa shape index (κ2) is 8.88. The van der Waals surface area contributed by atoms with Crippen LogP contribution in [0, 0.1) is 5.92 Å². The Kier molecular flexibility index (Phi) is 8.32. The van der Waals surface area contributed by atoms with E-state index in [0.717, 1.165) is 0 Å². The van der Waals surface area contributed by atoms with Crippen LogP contribution in [0.2, 0.25) is 0 Å². The van der Waals surface area contributed by atoms with Gasteiger partial charge in [-0.15, -0.1) is 0 Å². The lowest BCUT2D eigenvalue weighted by Crippen LogP contribution is -2.45. The Morgan fingerprint density at radius 1 is 1.33 bits per heavy atom. The number of amides is 2. The molecule has 0 radical (unpaired) electrons. The Balaban J connectivity index is 4.55. The zero-order chi connectivity index (χ0) is 14.1. The average molecular weight is 259 g/mol. The summed E-state index contributed by atoms with van der Waals surface area (Å²) in [6.07, 6.45) is 0. The Labute approximate surface area is 109 Å². The lowest BCUT2D eigenvalue weighted by atomic mass is 10.1. The van der Waals surface area contributed by atoms with Gasteiger partial charge < -0.3 is 19.9 Å². The van der Waals surface area contributed by atoms with E-state index in [4.69, 9.17) is 4.74 Å². The number of methoxy groups -OCH3 is 1. The van der Waals surface area contributed by atoms with E-state index in [1.54, 1.807) is 33.2 Å². The van der Waals surface area contributed by atoms with Gasteiger partial charge in [0.2, 0.25) is 11.8 Å². The molecule has 6 nitrogen and oxygen atoms in total. The molecule has 6 heteroatoms. The summed E-state index contributed by atoms with van der Waals surface area (Å²) in [5, 5.41) is 2.96. The number of likely N-dealkylation sites (N-methyl/N-ethyl adjacent to an activating group) is 1. The van der Waals surface area contributed by atoms with Crippen molar-refractivity contribution in [2.45, 2.75) is 6.92 Å². The normalized spacial score (nSPS) is 12.1. The summed E-state index contributed by atoms with van der Waals surface area (Å²) in [7, 11) is 6.73. The Hall–Kier alpha value is -1.14. The van der Waals surface area contributed by atoms with E-state index in [1.165, 1.54) is 4.90 Å². The summed E-state index contributed by atoms with van der Waals surface area (Å²) in [5.41, 5.74) is 0. The molecule has 0 aromatic rings. The Morgan fingerprint density at radius 3 is 2.39 bits per heavy atom. The van der Waals surface area contributed by atoms with Crippen LogP contribution in [0.15, 0.2) is 0 Å². The summed E-state index contributed by atoms with van der Waals surface area (Å²) >= 11 is 0. The number of hydrogen-bond acceptors (Lipinski definition) is 4. The molecule has 0 bridgehead atoms. The van der Waals surface area contributed by atoms with Crippen molar-refractivity contribution in [1.82, 2.24) is 15.1 Å². The first-order valence-electron chi connectivity index (χ1n) is 6.06. The third-order valence-electron chi connectivity index (χ3n) is 2.63. The molecule has 18 heavy (non-hydrogen) atoms. The summed E-state index contributed by atoms with van der Waals surface area (Å²) < 4.78 is 4.97. The molecular formula is C12H25N3O3. The largest absolute Gasteiger partial charge is 0.383 e. The van der Waals surface area contributed by atoms with Crippen LogP contribution in [-0.2, 0) is 14.3 Å². The fourth-order valence-electron chi connectivity index (χ4n) is 1.48. The van der Waals surface area contributed by atoms with Crippen LogP contribution in [0.5, 0.6) is 0 Å². The minimum Gasteiger partial charge on any atom is -0.383 e. The molecule has 1 N–H and O–H groups in total. The molecule has 2 amide bonds. The highest BCUT2D eigenvalue weighted by Gasteiger charge is 2.22. The van der Waals surface area contributed by atoms with Crippen molar-refractivity contribution >= 4 is 11.8 Å². The van der Waals surface area contributed by atoms with E-state index in [0.29, 0.717) is 19.7 Å². The van der Waals surface area contributed by atoms with Gasteiger partial charge in [-0.05, 0) is 7.05 Å². The van der Waals surface area contributed by atoms with Gasteiger partial charge in [0.25, 0.3) is 0 Å². The molecule has 0 fully saturated rings. The number of nitrogens with zero attached hydrogens (tertiary/aromatic N) is 2. The standard InChI is InChI=1S/C12H25N3O3/c1-10(8-13-2)12(17)15(6-7-18-5)9-11(16)14(3)4/h10,13H,6-9H2,1-5H3. The number of carbonyl (C=O) groups excluding carboxylic acids is 2. The molecule has 0 aromatic carbocycles. The van der Waals surface area contributed by atoms with Gasteiger partial charge in [-0.25, -0.2) is 0 Å². The summed E-state index contributed by atoms with van der Waals surface area (Å²) in [4.78, 5) is 26.9. The van der Waals surface area contributed by atoms with E-state index >= 15 is 0 Å². The molecule has 0 saturated heterocycles. The first kappa shape index (κ1) is 16.9. The molecule has 0 aliphatic carbocycles. The Bertz CT molecular complexity index is 269. The van der Waals surface area contributed by atoms with Gasteiger partial charge in [0, 0.05) is 40.2 Å². The van der Waals surface area contributed by atoms with Crippen LogP contribution in [-0.4, -0.2) is 76.1 Å². The maximum absolute atomic E-state index is 12.2. The zero-order valence-electron chi connectivity index (χ0n) is 12.0. The van der Waals surface area contributed by atoms with Crippen LogP contribution in [0.1, 0.15) is 6.92 Å². The fourth-order valence-corrected chi connectivity index (χ4v) is 1.48. The third kappa shape index (κ3) is 5.97. The van der Waals surface area contributed by atoms with Gasteiger partial charge >= 0.3 is 0 Å². The summed E-state index contributed by atoms with van der Waals surface area (Å²) in [5.74, 6) is -0.269. The highest BCUT2D eigenvalue weighted by atomic mass is 16.5. The number of carbonyl (C=O) groups is 2. The van der Waals surface area contributed by atoms with Gasteiger partial charge in [-0.3, -0.25) is 9.59 Å². The topological polar surface area (TPSA) is 61.9 Å². The van der Waals surface area contributed by atoms with Crippen LogP contribution in [0.3, 0.4) is 0 Å². The van der Waals surface area contributed by atoms with Gasteiger partial charge in [-0.1, -0.05) is 6.92 Å². The van der Waals surface area contributed by atoms with E-state index in [9.17, 15) is 9.59 Å². The van der Waals surface area contributed by atoms with E-state index in [2.05, 4.69) is 5.32 Å². The van der Waals surface area contributed by atoms with Gasteiger partial charge in [-0.2, -0.15) is 0 Å². The third-order valence-corrected chi connectivity index (χ3v) is 2.63. The Morgan fingerprint density at radius 2 is 1.94 bits per heavy atom. The van der Waals surface area contributed by atoms with E-state index in [1.807, 2.05) is 6.92 Å². The monoisotopic (exact) mass is 259 g/mol. The van der Waals surface area contributed by atoms with E-state index in [-0.39, 0.29) is 24.3 Å². The maximum Gasteiger partial charge on any atom is 0.241 e. The highest BCUT2D eigenvalue weighted by Crippen LogP contribution is 2.02. The van der Waals surface area contributed by atoms with Crippen molar-refractivity contribution in [2.24, 2.45) is 5.92 Å². The van der Waals surface area contributed by atoms with Crippen molar-refractivity contribution in [3.05, 3.63) is 0 Å².